The lowest BCUT2D eigenvalue weighted by molar-refractivity contribution is -0.123. The van der Waals surface area contributed by atoms with Gasteiger partial charge < -0.3 is 10.5 Å². The van der Waals surface area contributed by atoms with Crippen LogP contribution in [0.3, 0.4) is 0 Å². The summed E-state index contributed by atoms with van der Waals surface area (Å²) in [5, 5.41) is 0. The Labute approximate surface area is 102 Å². The number of amides is 1. The first kappa shape index (κ1) is 12.0. The highest BCUT2D eigenvalue weighted by atomic mass is 16.5. The summed E-state index contributed by atoms with van der Waals surface area (Å²) in [5.41, 5.74) is 6.52. The van der Waals surface area contributed by atoms with E-state index in [9.17, 15) is 4.79 Å². The maximum Gasteiger partial charge on any atom is 0.223 e. The highest BCUT2D eigenvalue weighted by molar-refractivity contribution is 5.83. The van der Waals surface area contributed by atoms with Gasteiger partial charge in [0.15, 0.2) is 0 Å². The minimum Gasteiger partial charge on any atom is -0.497 e. The number of benzene rings is 1. The summed E-state index contributed by atoms with van der Waals surface area (Å²) < 4.78 is 5.11. The molecule has 0 aliphatic heterocycles. The Morgan fingerprint density at radius 1 is 1.35 bits per heavy atom. The van der Waals surface area contributed by atoms with Crippen molar-refractivity contribution >= 4 is 5.91 Å². The van der Waals surface area contributed by atoms with Crippen LogP contribution in [0.4, 0.5) is 0 Å². The van der Waals surface area contributed by atoms with Gasteiger partial charge in [0.2, 0.25) is 5.91 Å². The second-order valence-corrected chi connectivity index (χ2v) is 4.85. The van der Waals surface area contributed by atoms with Crippen molar-refractivity contribution in [1.29, 1.82) is 0 Å². The number of carbonyl (C=O) groups excluding carboxylic acids is 1. The van der Waals surface area contributed by atoms with Crippen molar-refractivity contribution in [2.45, 2.75) is 32.1 Å². The molecule has 0 radical (unpaired) electrons. The van der Waals surface area contributed by atoms with Crippen molar-refractivity contribution in [3.05, 3.63) is 29.8 Å². The van der Waals surface area contributed by atoms with Gasteiger partial charge in [-0.1, -0.05) is 12.1 Å². The first-order valence-electron chi connectivity index (χ1n) is 6.09. The molecule has 0 atom stereocenters. The highest BCUT2D eigenvalue weighted by Gasteiger charge is 2.47. The van der Waals surface area contributed by atoms with E-state index in [1.807, 2.05) is 12.1 Å². The Hall–Kier alpha value is -1.51. The van der Waals surface area contributed by atoms with Crippen molar-refractivity contribution in [3.8, 4) is 5.75 Å². The van der Waals surface area contributed by atoms with Crippen molar-refractivity contribution in [3.63, 3.8) is 0 Å². The molecule has 1 aliphatic carbocycles. The molecule has 1 aliphatic rings. The molecule has 0 bridgehead atoms. The van der Waals surface area contributed by atoms with Gasteiger partial charge in [0.05, 0.1) is 7.11 Å². The third-order valence-electron chi connectivity index (χ3n) is 3.66. The fraction of sp³-hybridized carbons (Fsp3) is 0.500. The van der Waals surface area contributed by atoms with E-state index in [0.717, 1.165) is 37.9 Å². The Morgan fingerprint density at radius 2 is 2.00 bits per heavy atom. The van der Waals surface area contributed by atoms with E-state index in [-0.39, 0.29) is 11.3 Å². The van der Waals surface area contributed by atoms with Crippen LogP contribution in [-0.2, 0) is 11.2 Å². The first-order valence-corrected chi connectivity index (χ1v) is 6.09. The van der Waals surface area contributed by atoms with E-state index < -0.39 is 0 Å². The van der Waals surface area contributed by atoms with Gasteiger partial charge in [-0.25, -0.2) is 0 Å². The summed E-state index contributed by atoms with van der Waals surface area (Å²) in [4.78, 5) is 11.2. The Kier molecular flexibility index (Phi) is 3.36. The van der Waals surface area contributed by atoms with Crippen LogP contribution in [-0.4, -0.2) is 13.0 Å². The van der Waals surface area contributed by atoms with Crippen molar-refractivity contribution in [1.82, 2.24) is 0 Å². The molecule has 1 saturated carbocycles. The van der Waals surface area contributed by atoms with Gasteiger partial charge >= 0.3 is 0 Å². The van der Waals surface area contributed by atoms with Gasteiger partial charge in [-0.2, -0.15) is 0 Å². The van der Waals surface area contributed by atoms with Crippen molar-refractivity contribution < 1.29 is 9.53 Å². The van der Waals surface area contributed by atoms with E-state index in [4.69, 9.17) is 10.5 Å². The summed E-state index contributed by atoms with van der Waals surface area (Å²) in [6.07, 6.45) is 4.90. The number of carbonyl (C=O) groups is 1. The summed E-state index contributed by atoms with van der Waals surface area (Å²) in [5.74, 6) is 0.761. The van der Waals surface area contributed by atoms with Crippen LogP contribution >= 0.6 is 0 Å². The van der Waals surface area contributed by atoms with Crippen LogP contribution < -0.4 is 10.5 Å². The third kappa shape index (κ3) is 2.78. The van der Waals surface area contributed by atoms with E-state index in [1.165, 1.54) is 5.56 Å². The van der Waals surface area contributed by atoms with Gasteiger partial charge in [0.25, 0.3) is 0 Å². The van der Waals surface area contributed by atoms with Crippen LogP contribution in [0.25, 0.3) is 0 Å². The van der Waals surface area contributed by atoms with Crippen LogP contribution in [0, 0.1) is 5.41 Å². The van der Waals surface area contributed by atoms with Crippen molar-refractivity contribution in [2.75, 3.05) is 7.11 Å². The zero-order valence-corrected chi connectivity index (χ0v) is 10.2. The molecule has 0 saturated heterocycles. The number of nitrogens with two attached hydrogens (primary N) is 1. The van der Waals surface area contributed by atoms with Crippen LogP contribution in [0.5, 0.6) is 5.75 Å². The minimum atomic E-state index is -0.160. The first-order chi connectivity index (χ1) is 8.16. The molecule has 0 aromatic heterocycles. The zero-order chi connectivity index (χ0) is 12.3. The molecule has 17 heavy (non-hydrogen) atoms. The molecule has 1 aromatic rings. The van der Waals surface area contributed by atoms with Gasteiger partial charge in [-0.15, -0.1) is 0 Å². The molecule has 0 heterocycles. The number of methoxy groups -OCH3 is 1. The summed E-state index contributed by atoms with van der Waals surface area (Å²) in [6.45, 7) is 0. The van der Waals surface area contributed by atoms with E-state index in [1.54, 1.807) is 7.11 Å². The number of ether oxygens (including phenoxy) is 1. The van der Waals surface area contributed by atoms with Gasteiger partial charge in [-0.05, 0) is 49.8 Å². The zero-order valence-electron chi connectivity index (χ0n) is 10.2. The molecular formula is C14H19NO2. The molecule has 2 N–H and O–H groups in total. The number of hydrogen-bond acceptors (Lipinski definition) is 2. The summed E-state index contributed by atoms with van der Waals surface area (Å²) in [6, 6.07) is 8.08. The summed E-state index contributed by atoms with van der Waals surface area (Å²) >= 11 is 0. The standard InChI is InChI=1S/C14H19NO2/c1-17-12-6-4-11(5-7-12)3-2-8-14(9-10-14)13(15)16/h4-7H,2-3,8-10H2,1H3,(H2,15,16). The Morgan fingerprint density at radius 3 is 2.47 bits per heavy atom. The van der Waals surface area contributed by atoms with Crippen LogP contribution in [0.1, 0.15) is 31.2 Å². The number of hydrogen-bond donors (Lipinski definition) is 1. The second kappa shape index (κ2) is 4.78. The quantitative estimate of drug-likeness (QED) is 0.819. The van der Waals surface area contributed by atoms with Gasteiger partial charge in [0.1, 0.15) is 5.75 Å². The molecule has 3 heteroatoms. The minimum absolute atomic E-state index is 0.118. The molecule has 1 aromatic carbocycles. The monoisotopic (exact) mass is 233 g/mol. The second-order valence-electron chi connectivity index (χ2n) is 4.85. The molecule has 2 rings (SSSR count). The smallest absolute Gasteiger partial charge is 0.223 e. The van der Waals surface area contributed by atoms with Crippen LogP contribution in [0.2, 0.25) is 0 Å². The molecular weight excluding hydrogens is 214 g/mol. The predicted octanol–water partition coefficient (Wildman–Crippen LogP) is 2.28. The lowest BCUT2D eigenvalue weighted by Crippen LogP contribution is -2.24. The van der Waals surface area contributed by atoms with Crippen molar-refractivity contribution in [2.24, 2.45) is 11.1 Å². The molecule has 92 valence electrons. The number of rotatable bonds is 6. The predicted molar refractivity (Wildman–Crippen MR) is 66.8 cm³/mol. The molecule has 0 unspecified atom stereocenters. The fourth-order valence-corrected chi connectivity index (χ4v) is 2.19. The van der Waals surface area contributed by atoms with E-state index >= 15 is 0 Å². The lowest BCUT2D eigenvalue weighted by atomic mass is 9.96. The van der Waals surface area contributed by atoms with E-state index in [0.29, 0.717) is 0 Å². The number of aryl methyl sites for hydroxylation is 1. The maximum absolute atomic E-state index is 11.2. The molecule has 1 amide bonds. The Balaban J connectivity index is 1.80. The lowest BCUT2D eigenvalue weighted by Gasteiger charge is -2.10. The van der Waals surface area contributed by atoms with E-state index in [2.05, 4.69) is 12.1 Å². The fourth-order valence-electron chi connectivity index (χ4n) is 2.19. The van der Waals surface area contributed by atoms with Gasteiger partial charge in [0, 0.05) is 5.41 Å². The highest BCUT2D eigenvalue weighted by Crippen LogP contribution is 2.49. The maximum atomic E-state index is 11.2. The molecule has 3 nitrogen and oxygen atoms in total. The topological polar surface area (TPSA) is 52.3 Å². The third-order valence-corrected chi connectivity index (χ3v) is 3.66. The average molecular weight is 233 g/mol. The number of primary amides is 1. The average Bonchev–Trinajstić information content (AvgIpc) is 3.11. The normalized spacial score (nSPS) is 16.5. The molecule has 1 fully saturated rings. The SMILES string of the molecule is COc1ccc(CCCC2(C(N)=O)CC2)cc1. The summed E-state index contributed by atoms with van der Waals surface area (Å²) in [7, 11) is 1.67. The van der Waals surface area contributed by atoms with Crippen LogP contribution in [0.15, 0.2) is 24.3 Å². The molecule has 0 spiro atoms. The Bertz CT molecular complexity index is 393. The van der Waals surface area contributed by atoms with Gasteiger partial charge in [-0.3, -0.25) is 4.79 Å². The largest absolute Gasteiger partial charge is 0.497 e.